The van der Waals surface area contributed by atoms with Crippen LogP contribution in [0.2, 0.25) is 5.02 Å². The quantitative estimate of drug-likeness (QED) is 0.589. The predicted octanol–water partition coefficient (Wildman–Crippen LogP) is 4.35. The van der Waals surface area contributed by atoms with Crippen LogP contribution in [0.5, 0.6) is 0 Å². The fourth-order valence-electron chi connectivity index (χ4n) is 3.97. The van der Waals surface area contributed by atoms with Gasteiger partial charge in [-0.25, -0.2) is 13.6 Å². The molecule has 1 unspecified atom stereocenters. The van der Waals surface area contributed by atoms with Crippen molar-refractivity contribution >= 4 is 46.0 Å². The molecule has 0 aliphatic carbocycles. The molecule has 2 N–H and O–H groups in total. The number of aromatic nitrogens is 1. The first kappa shape index (κ1) is 22.7. The Kier molecular flexibility index (Phi) is 6.33. The van der Waals surface area contributed by atoms with E-state index in [-0.39, 0.29) is 36.0 Å². The minimum Gasteiger partial charge on any atom is -0.334 e. The van der Waals surface area contributed by atoms with Crippen LogP contribution in [0.15, 0.2) is 48.7 Å². The highest BCUT2D eigenvalue weighted by atomic mass is 35.5. The van der Waals surface area contributed by atoms with Gasteiger partial charge in [0.1, 0.15) is 18.0 Å². The van der Waals surface area contributed by atoms with E-state index in [0.29, 0.717) is 16.6 Å². The lowest BCUT2D eigenvalue weighted by Gasteiger charge is -2.24. The van der Waals surface area contributed by atoms with Crippen LogP contribution in [-0.4, -0.2) is 46.1 Å². The summed E-state index contributed by atoms with van der Waals surface area (Å²) in [6, 6.07) is 9.68. The topological polar surface area (TPSA) is 83.4 Å². The van der Waals surface area contributed by atoms with Crippen LogP contribution in [0, 0.1) is 5.82 Å². The molecule has 4 rings (SSSR count). The molecule has 1 aliphatic heterocycles. The highest BCUT2D eigenvalue weighted by molar-refractivity contribution is 6.30. The molecule has 2 heterocycles. The number of fused-ring (bicyclic) bond motifs is 1. The largest absolute Gasteiger partial charge is 0.334 e. The van der Waals surface area contributed by atoms with E-state index in [4.69, 9.17) is 11.6 Å². The van der Waals surface area contributed by atoms with Gasteiger partial charge in [0.25, 0.3) is 0 Å². The standard InChI is InChI=1S/C23H21ClF2N4O3/c1-13(31)29-12-18(16-6-2-3-8-19(16)29)28-22(32)20-9-15(25)11-30(20)23(33)27-10-14-5-4-7-17(24)21(14)26/h2-8,12,15,20H,9-11H2,1H3,(H,27,33)(H,28,32)/t15-,20?/m0/s1. The van der Waals surface area contributed by atoms with Crippen molar-refractivity contribution in [3.8, 4) is 0 Å². The summed E-state index contributed by atoms with van der Waals surface area (Å²) in [5.41, 5.74) is 1.17. The van der Waals surface area contributed by atoms with E-state index in [1.165, 1.54) is 29.8 Å². The number of rotatable bonds is 4. The Bertz CT molecular complexity index is 1250. The SMILES string of the molecule is CC(=O)n1cc(NC(=O)C2C[C@H](F)CN2C(=O)NCc2cccc(Cl)c2F)c2ccccc21. The molecule has 7 nitrogen and oxygen atoms in total. The Balaban J connectivity index is 1.50. The number of hydrogen-bond donors (Lipinski definition) is 2. The van der Waals surface area contributed by atoms with E-state index in [1.807, 2.05) is 0 Å². The van der Waals surface area contributed by atoms with Crippen molar-refractivity contribution in [2.45, 2.75) is 32.1 Å². The van der Waals surface area contributed by atoms with Crippen molar-refractivity contribution in [2.75, 3.05) is 11.9 Å². The van der Waals surface area contributed by atoms with Gasteiger partial charge in [-0.15, -0.1) is 0 Å². The molecular formula is C23H21ClF2N4O3. The first-order valence-electron chi connectivity index (χ1n) is 10.3. The number of carbonyl (C=O) groups is 3. The van der Waals surface area contributed by atoms with Gasteiger partial charge in [0.15, 0.2) is 0 Å². The van der Waals surface area contributed by atoms with Crippen LogP contribution < -0.4 is 10.6 Å². The Hall–Kier alpha value is -3.46. The number of halogens is 3. The molecule has 2 aromatic carbocycles. The number of carbonyl (C=O) groups excluding carboxylic acids is 3. The molecule has 172 valence electrons. The third kappa shape index (κ3) is 4.54. The molecular weight excluding hydrogens is 454 g/mol. The van der Waals surface area contributed by atoms with E-state index in [0.717, 1.165) is 4.90 Å². The van der Waals surface area contributed by atoms with Crippen LogP contribution in [-0.2, 0) is 11.3 Å². The van der Waals surface area contributed by atoms with Crippen LogP contribution in [0.1, 0.15) is 23.7 Å². The minimum absolute atomic E-state index is 0.0753. The van der Waals surface area contributed by atoms with Gasteiger partial charge < -0.3 is 15.5 Å². The Morgan fingerprint density at radius 2 is 1.91 bits per heavy atom. The predicted molar refractivity (Wildman–Crippen MR) is 121 cm³/mol. The molecule has 1 saturated heterocycles. The lowest BCUT2D eigenvalue weighted by molar-refractivity contribution is -0.119. The van der Waals surface area contributed by atoms with Crippen LogP contribution >= 0.6 is 11.6 Å². The number of urea groups is 1. The molecule has 2 atom stereocenters. The van der Waals surface area contributed by atoms with Gasteiger partial charge in [-0.2, -0.15) is 0 Å². The second-order valence-electron chi connectivity index (χ2n) is 7.81. The number of anilines is 1. The van der Waals surface area contributed by atoms with Crippen molar-refractivity contribution < 1.29 is 23.2 Å². The maximum atomic E-state index is 14.2. The van der Waals surface area contributed by atoms with Gasteiger partial charge in [0.2, 0.25) is 11.8 Å². The molecule has 0 radical (unpaired) electrons. The maximum absolute atomic E-state index is 14.2. The smallest absolute Gasteiger partial charge is 0.318 e. The zero-order chi connectivity index (χ0) is 23.7. The van der Waals surface area contributed by atoms with E-state index in [9.17, 15) is 23.2 Å². The summed E-state index contributed by atoms with van der Waals surface area (Å²) in [5.74, 6) is -1.46. The number of benzene rings is 2. The Morgan fingerprint density at radius 3 is 2.67 bits per heavy atom. The van der Waals surface area contributed by atoms with E-state index >= 15 is 0 Å². The zero-order valence-electron chi connectivity index (χ0n) is 17.6. The van der Waals surface area contributed by atoms with Crippen molar-refractivity contribution in [2.24, 2.45) is 0 Å². The number of nitrogens with one attached hydrogen (secondary N) is 2. The summed E-state index contributed by atoms with van der Waals surface area (Å²) in [5, 5.41) is 5.81. The average Bonchev–Trinajstić information content (AvgIpc) is 3.36. The minimum atomic E-state index is -1.38. The molecule has 0 bridgehead atoms. The van der Waals surface area contributed by atoms with E-state index in [1.54, 1.807) is 30.3 Å². The summed E-state index contributed by atoms with van der Waals surface area (Å²) < 4.78 is 29.7. The number of likely N-dealkylation sites (tertiary alicyclic amines) is 1. The molecule has 10 heteroatoms. The number of para-hydroxylation sites is 1. The summed E-state index contributed by atoms with van der Waals surface area (Å²) in [6.45, 7) is 0.966. The van der Waals surface area contributed by atoms with Crippen LogP contribution in [0.4, 0.5) is 19.3 Å². The summed E-state index contributed by atoms with van der Waals surface area (Å²) in [4.78, 5) is 38.7. The number of nitrogens with zero attached hydrogens (tertiary/aromatic N) is 2. The number of amides is 3. The lowest BCUT2D eigenvalue weighted by Crippen LogP contribution is -2.47. The highest BCUT2D eigenvalue weighted by Crippen LogP contribution is 2.28. The van der Waals surface area contributed by atoms with Gasteiger partial charge in [-0.3, -0.25) is 14.2 Å². The molecule has 1 fully saturated rings. The number of alkyl halides is 1. The molecule has 3 aromatic rings. The molecule has 1 aliphatic rings. The van der Waals surface area contributed by atoms with Crippen molar-refractivity contribution in [1.82, 2.24) is 14.8 Å². The first-order chi connectivity index (χ1) is 15.8. The van der Waals surface area contributed by atoms with Crippen molar-refractivity contribution in [1.29, 1.82) is 0 Å². The van der Waals surface area contributed by atoms with E-state index < -0.39 is 30.0 Å². The Labute approximate surface area is 193 Å². The first-order valence-corrected chi connectivity index (χ1v) is 10.7. The molecule has 0 spiro atoms. The van der Waals surface area contributed by atoms with E-state index in [2.05, 4.69) is 10.6 Å². The third-order valence-electron chi connectivity index (χ3n) is 5.58. The van der Waals surface area contributed by atoms with Gasteiger partial charge >= 0.3 is 6.03 Å². The third-order valence-corrected chi connectivity index (χ3v) is 5.88. The zero-order valence-corrected chi connectivity index (χ0v) is 18.4. The highest BCUT2D eigenvalue weighted by Gasteiger charge is 2.40. The molecule has 1 aromatic heterocycles. The summed E-state index contributed by atoms with van der Waals surface area (Å²) in [7, 11) is 0. The monoisotopic (exact) mass is 474 g/mol. The van der Waals surface area contributed by atoms with Gasteiger partial charge in [0.05, 0.1) is 22.8 Å². The molecule has 33 heavy (non-hydrogen) atoms. The average molecular weight is 475 g/mol. The normalized spacial score (nSPS) is 17.9. The molecule has 3 amide bonds. The van der Waals surface area contributed by atoms with Crippen molar-refractivity contribution in [3.63, 3.8) is 0 Å². The second-order valence-corrected chi connectivity index (χ2v) is 8.22. The fraction of sp³-hybridized carbons (Fsp3) is 0.261. The summed E-state index contributed by atoms with van der Waals surface area (Å²) >= 11 is 5.76. The molecule has 0 saturated carbocycles. The number of hydrogen-bond acceptors (Lipinski definition) is 3. The van der Waals surface area contributed by atoms with Gasteiger partial charge in [0, 0.05) is 37.0 Å². The fourth-order valence-corrected chi connectivity index (χ4v) is 4.17. The second kappa shape index (κ2) is 9.19. The van der Waals surface area contributed by atoms with Gasteiger partial charge in [-0.05, 0) is 12.1 Å². The van der Waals surface area contributed by atoms with Crippen LogP contribution in [0.25, 0.3) is 10.9 Å². The van der Waals surface area contributed by atoms with Crippen LogP contribution in [0.3, 0.4) is 0 Å². The summed E-state index contributed by atoms with van der Waals surface area (Å²) in [6.07, 6.45) is -0.0529. The van der Waals surface area contributed by atoms with Gasteiger partial charge in [-0.1, -0.05) is 41.9 Å². The van der Waals surface area contributed by atoms with Crippen molar-refractivity contribution in [3.05, 3.63) is 65.1 Å². The Morgan fingerprint density at radius 1 is 1.15 bits per heavy atom. The maximum Gasteiger partial charge on any atom is 0.318 e. The lowest BCUT2D eigenvalue weighted by atomic mass is 10.2.